The Hall–Kier alpha value is 0.723. The van der Waals surface area contributed by atoms with Gasteiger partial charge in [-0.05, 0) is 19.3 Å². The van der Waals surface area contributed by atoms with E-state index in [0.29, 0.717) is 19.8 Å². The summed E-state index contributed by atoms with van der Waals surface area (Å²) in [7, 11) is 0. The predicted molar refractivity (Wildman–Crippen MR) is 55.7 cm³/mol. The van der Waals surface area contributed by atoms with Gasteiger partial charge < -0.3 is 20.8 Å². The van der Waals surface area contributed by atoms with E-state index in [1.807, 2.05) is 20.8 Å². The minimum absolute atomic E-state index is 0. The second-order valence-corrected chi connectivity index (χ2v) is 2.17. The molecule has 0 bridgehead atoms. The van der Waals surface area contributed by atoms with Crippen LogP contribution in [0.15, 0.2) is 0 Å². The van der Waals surface area contributed by atoms with Crippen molar-refractivity contribution in [2.75, 3.05) is 19.8 Å². The van der Waals surface area contributed by atoms with Crippen LogP contribution in [-0.4, -0.2) is 40.6 Å². The molecule has 5 N–H and O–H groups in total. The molecule has 0 saturated carbocycles. The molecule has 0 heterocycles. The Kier molecular flexibility index (Phi) is 103. The Morgan fingerprint density at radius 3 is 0.714 bits per heavy atom. The van der Waals surface area contributed by atoms with E-state index in [4.69, 9.17) is 15.3 Å². The van der Waals surface area contributed by atoms with E-state index < -0.39 is 0 Å². The van der Waals surface area contributed by atoms with Gasteiger partial charge in [-0.1, -0.05) is 20.8 Å². The van der Waals surface area contributed by atoms with Crippen LogP contribution in [0.4, 0.5) is 0 Å². The molecule has 0 aromatic heterocycles. The van der Waals surface area contributed by atoms with Gasteiger partial charge in [-0.15, -0.1) is 0 Å². The van der Waals surface area contributed by atoms with Crippen LogP contribution in [-0.2, 0) is 26.2 Å². The summed E-state index contributed by atoms with van der Waals surface area (Å²) in [5, 5.41) is 23.6. The molecule has 0 saturated heterocycles. The molecule has 0 aromatic rings. The SMILES string of the molecule is CCCO.CCCO.CCCO.O.[Zr]. The van der Waals surface area contributed by atoms with Crippen molar-refractivity contribution >= 4 is 0 Å². The van der Waals surface area contributed by atoms with Crippen molar-refractivity contribution in [1.82, 2.24) is 0 Å². The summed E-state index contributed by atoms with van der Waals surface area (Å²) in [4.78, 5) is 0. The van der Waals surface area contributed by atoms with Crippen LogP contribution in [0.25, 0.3) is 0 Å². The van der Waals surface area contributed by atoms with E-state index >= 15 is 0 Å². The fourth-order valence-electron chi connectivity index (χ4n) is 0. The minimum Gasteiger partial charge on any atom is -0.412 e. The Balaban J connectivity index is -0.0000000270. The first kappa shape index (κ1) is 29.3. The minimum atomic E-state index is 0. The summed E-state index contributed by atoms with van der Waals surface area (Å²) in [6.45, 7) is 6.75. The summed E-state index contributed by atoms with van der Waals surface area (Å²) < 4.78 is 0. The fraction of sp³-hybridized carbons (Fsp3) is 1.00. The van der Waals surface area contributed by atoms with Gasteiger partial charge in [0.15, 0.2) is 0 Å². The molecular formula is C9H26O4Zr. The standard InChI is InChI=1S/3C3H8O.H2O.Zr/c3*1-2-3-4;;/h3*4H,2-3H2,1H3;1H2;. The summed E-state index contributed by atoms with van der Waals surface area (Å²) in [5.74, 6) is 0. The monoisotopic (exact) mass is 288 g/mol. The van der Waals surface area contributed by atoms with Crippen LogP contribution >= 0.6 is 0 Å². The van der Waals surface area contributed by atoms with E-state index in [1.165, 1.54) is 0 Å². The third kappa shape index (κ3) is 126. The van der Waals surface area contributed by atoms with Crippen molar-refractivity contribution in [3.63, 3.8) is 0 Å². The molecule has 14 heavy (non-hydrogen) atoms. The van der Waals surface area contributed by atoms with Crippen molar-refractivity contribution in [2.45, 2.75) is 40.0 Å². The topological polar surface area (TPSA) is 92.2 Å². The van der Waals surface area contributed by atoms with Gasteiger partial charge in [-0.2, -0.15) is 0 Å². The van der Waals surface area contributed by atoms with Gasteiger partial charge in [0.25, 0.3) is 0 Å². The van der Waals surface area contributed by atoms with Gasteiger partial charge in [0.05, 0.1) is 0 Å². The molecule has 0 aliphatic heterocycles. The molecule has 0 aliphatic carbocycles. The maximum atomic E-state index is 7.88. The molecule has 0 unspecified atom stereocenters. The Morgan fingerprint density at radius 2 is 0.714 bits per heavy atom. The number of hydrogen-bond donors (Lipinski definition) is 3. The number of rotatable bonds is 3. The number of aliphatic hydroxyl groups excluding tert-OH is 3. The normalized spacial score (nSPS) is 6.43. The Bertz CT molecular complexity index is 32.3. The van der Waals surface area contributed by atoms with E-state index in [-0.39, 0.29) is 31.7 Å². The van der Waals surface area contributed by atoms with Gasteiger partial charge in [0.2, 0.25) is 0 Å². The molecule has 0 fully saturated rings. The molecule has 0 radical (unpaired) electrons. The Morgan fingerprint density at radius 1 is 0.643 bits per heavy atom. The first-order valence-corrected chi connectivity index (χ1v) is 4.57. The smallest absolute Gasteiger partial charge is 0.0428 e. The third-order valence-corrected chi connectivity index (χ3v) is 0.671. The zero-order valence-corrected chi connectivity index (χ0v) is 12.0. The summed E-state index contributed by atoms with van der Waals surface area (Å²) in [6, 6.07) is 0. The zero-order chi connectivity index (χ0) is 10.2. The molecule has 5 heteroatoms. The van der Waals surface area contributed by atoms with Gasteiger partial charge in [-0.3, -0.25) is 0 Å². The van der Waals surface area contributed by atoms with Crippen LogP contribution in [0.2, 0.25) is 0 Å². The predicted octanol–water partition coefficient (Wildman–Crippen LogP) is 0.339. The van der Waals surface area contributed by atoms with Gasteiger partial charge >= 0.3 is 0 Å². The van der Waals surface area contributed by atoms with Crippen molar-refractivity contribution < 1.29 is 47.0 Å². The van der Waals surface area contributed by atoms with Gasteiger partial charge in [0.1, 0.15) is 0 Å². The molecular weight excluding hydrogens is 263 g/mol. The molecule has 0 atom stereocenters. The van der Waals surface area contributed by atoms with Crippen LogP contribution in [0.3, 0.4) is 0 Å². The average Bonchev–Trinajstić information content (AvgIpc) is 2.18. The van der Waals surface area contributed by atoms with Crippen molar-refractivity contribution in [3.8, 4) is 0 Å². The van der Waals surface area contributed by atoms with Crippen LogP contribution in [0, 0.1) is 0 Å². The van der Waals surface area contributed by atoms with E-state index in [2.05, 4.69) is 0 Å². The van der Waals surface area contributed by atoms with Crippen LogP contribution in [0.1, 0.15) is 40.0 Å². The quantitative estimate of drug-likeness (QED) is 0.699. The maximum Gasteiger partial charge on any atom is 0.0428 e. The van der Waals surface area contributed by atoms with Gasteiger partial charge in [0, 0.05) is 46.0 Å². The van der Waals surface area contributed by atoms with Gasteiger partial charge in [-0.25, -0.2) is 0 Å². The molecule has 90 valence electrons. The third-order valence-electron chi connectivity index (χ3n) is 0.671. The van der Waals surface area contributed by atoms with E-state index in [0.717, 1.165) is 19.3 Å². The van der Waals surface area contributed by atoms with Crippen molar-refractivity contribution in [1.29, 1.82) is 0 Å². The molecule has 0 amide bonds. The van der Waals surface area contributed by atoms with Crippen molar-refractivity contribution in [3.05, 3.63) is 0 Å². The summed E-state index contributed by atoms with van der Waals surface area (Å²) in [6.07, 6.45) is 2.62. The average molecular weight is 290 g/mol. The largest absolute Gasteiger partial charge is 0.412 e. The van der Waals surface area contributed by atoms with Crippen LogP contribution < -0.4 is 0 Å². The number of hydrogen-bond acceptors (Lipinski definition) is 3. The number of aliphatic hydroxyl groups is 3. The molecule has 0 spiro atoms. The summed E-state index contributed by atoms with van der Waals surface area (Å²) >= 11 is 0. The van der Waals surface area contributed by atoms with Crippen molar-refractivity contribution in [2.24, 2.45) is 0 Å². The fourth-order valence-corrected chi connectivity index (χ4v) is 0. The molecule has 0 rings (SSSR count). The summed E-state index contributed by atoms with van der Waals surface area (Å²) in [5.41, 5.74) is 0. The first-order valence-electron chi connectivity index (χ1n) is 4.57. The molecule has 0 aliphatic rings. The Labute approximate surface area is 107 Å². The zero-order valence-electron chi connectivity index (χ0n) is 9.58. The second-order valence-electron chi connectivity index (χ2n) is 2.17. The van der Waals surface area contributed by atoms with Crippen LogP contribution in [0.5, 0.6) is 0 Å². The second kappa shape index (κ2) is 49.1. The van der Waals surface area contributed by atoms with E-state index in [1.54, 1.807) is 0 Å². The molecule has 0 aromatic carbocycles. The van der Waals surface area contributed by atoms with E-state index in [9.17, 15) is 0 Å². The maximum absolute atomic E-state index is 7.88. The first-order chi connectivity index (χ1) is 5.74. The molecule has 4 nitrogen and oxygen atoms in total.